The Morgan fingerprint density at radius 1 is 1.06 bits per heavy atom. The molecule has 2 aromatic heterocycles. The number of hydrogen-bond acceptors (Lipinski definition) is 6. The number of thioether (sulfide) groups is 1. The van der Waals surface area contributed by atoms with E-state index in [0.717, 1.165) is 21.6 Å². The molecule has 1 atom stereocenters. The van der Waals surface area contributed by atoms with E-state index in [1.807, 2.05) is 79.2 Å². The Morgan fingerprint density at radius 3 is 2.54 bits per heavy atom. The van der Waals surface area contributed by atoms with Gasteiger partial charge in [0, 0.05) is 21.5 Å². The number of aryl methyl sites for hydroxylation is 1. The fraction of sp³-hybridized carbons (Fsp3) is 0.148. The van der Waals surface area contributed by atoms with Crippen molar-refractivity contribution in [2.24, 2.45) is 0 Å². The molecule has 0 aliphatic rings. The van der Waals surface area contributed by atoms with Crippen molar-refractivity contribution in [2.45, 2.75) is 30.4 Å². The number of nitriles is 1. The third-order valence-electron chi connectivity index (χ3n) is 5.28. The van der Waals surface area contributed by atoms with Crippen molar-refractivity contribution in [3.63, 3.8) is 0 Å². The molecule has 2 heterocycles. The van der Waals surface area contributed by atoms with Gasteiger partial charge in [-0.15, -0.1) is 34.4 Å². The van der Waals surface area contributed by atoms with Gasteiger partial charge in [-0.3, -0.25) is 9.59 Å². The van der Waals surface area contributed by atoms with Crippen LogP contribution in [0.1, 0.15) is 34.1 Å². The molecule has 0 fully saturated rings. The number of rotatable bonds is 8. The first-order valence-corrected chi connectivity index (χ1v) is 13.6. The van der Waals surface area contributed by atoms with E-state index in [1.165, 1.54) is 34.4 Å². The first kappa shape index (κ1) is 24.7. The first-order chi connectivity index (χ1) is 17.0. The maximum Gasteiger partial charge on any atom is 0.265 e. The Kier molecular flexibility index (Phi) is 8.03. The number of amides is 2. The Bertz CT molecular complexity index is 1370. The molecular formula is C27H23N3O2S3. The Labute approximate surface area is 216 Å². The molecule has 0 radical (unpaired) electrons. The SMILES string of the molecule is CCC(Sc1cccc(NC(=O)c2cccs2)c1)C(=O)Nc1scc(-c2ccc(C)cc2)c1C#N. The molecule has 0 spiro atoms. The highest BCUT2D eigenvalue weighted by Crippen LogP contribution is 2.36. The molecule has 0 saturated heterocycles. The van der Waals surface area contributed by atoms with E-state index in [-0.39, 0.29) is 17.1 Å². The maximum absolute atomic E-state index is 13.1. The molecule has 35 heavy (non-hydrogen) atoms. The number of hydrogen-bond donors (Lipinski definition) is 2. The van der Waals surface area contributed by atoms with E-state index in [0.29, 0.717) is 27.5 Å². The van der Waals surface area contributed by atoms with Gasteiger partial charge in [0.25, 0.3) is 5.91 Å². The second-order valence-corrected chi connectivity index (χ2v) is 10.9. The van der Waals surface area contributed by atoms with Gasteiger partial charge >= 0.3 is 0 Å². The van der Waals surface area contributed by atoms with E-state index >= 15 is 0 Å². The largest absolute Gasteiger partial charge is 0.321 e. The first-order valence-electron chi connectivity index (χ1n) is 11.0. The fourth-order valence-corrected chi connectivity index (χ4v) is 5.99. The van der Waals surface area contributed by atoms with Crippen LogP contribution in [0.3, 0.4) is 0 Å². The molecule has 0 saturated carbocycles. The van der Waals surface area contributed by atoms with E-state index in [4.69, 9.17) is 0 Å². The Hall–Kier alpha value is -3.38. The number of benzene rings is 2. The van der Waals surface area contributed by atoms with Gasteiger partial charge in [0.1, 0.15) is 11.1 Å². The van der Waals surface area contributed by atoms with Gasteiger partial charge < -0.3 is 10.6 Å². The van der Waals surface area contributed by atoms with Crippen molar-refractivity contribution in [1.82, 2.24) is 0 Å². The number of anilines is 2. The summed E-state index contributed by atoms with van der Waals surface area (Å²) in [5, 5.41) is 19.6. The lowest BCUT2D eigenvalue weighted by atomic mass is 10.0. The molecule has 2 aromatic carbocycles. The predicted octanol–water partition coefficient (Wildman–Crippen LogP) is 7.42. The lowest BCUT2D eigenvalue weighted by molar-refractivity contribution is -0.115. The highest BCUT2D eigenvalue weighted by Gasteiger charge is 2.22. The second-order valence-electron chi connectivity index (χ2n) is 7.79. The quantitative estimate of drug-likeness (QED) is 0.238. The van der Waals surface area contributed by atoms with Crippen LogP contribution in [0.25, 0.3) is 11.1 Å². The van der Waals surface area contributed by atoms with Gasteiger partial charge in [-0.2, -0.15) is 5.26 Å². The highest BCUT2D eigenvalue weighted by atomic mass is 32.2. The molecule has 176 valence electrons. The minimum atomic E-state index is -0.352. The van der Waals surface area contributed by atoms with Crippen molar-refractivity contribution in [1.29, 1.82) is 5.26 Å². The number of carbonyl (C=O) groups is 2. The summed E-state index contributed by atoms with van der Waals surface area (Å²) in [6.07, 6.45) is 0.611. The summed E-state index contributed by atoms with van der Waals surface area (Å²) >= 11 is 4.18. The van der Waals surface area contributed by atoms with Crippen LogP contribution in [0.2, 0.25) is 0 Å². The van der Waals surface area contributed by atoms with Gasteiger partial charge in [-0.25, -0.2) is 0 Å². The molecular weight excluding hydrogens is 495 g/mol. The smallest absolute Gasteiger partial charge is 0.265 e. The Balaban J connectivity index is 1.46. The van der Waals surface area contributed by atoms with E-state index in [9.17, 15) is 14.9 Å². The molecule has 4 aromatic rings. The second kappa shape index (κ2) is 11.4. The van der Waals surface area contributed by atoms with Crippen LogP contribution in [-0.4, -0.2) is 17.1 Å². The summed E-state index contributed by atoms with van der Waals surface area (Å²) in [7, 11) is 0. The number of carbonyl (C=O) groups excluding carboxylic acids is 2. The maximum atomic E-state index is 13.1. The normalized spacial score (nSPS) is 11.5. The standard InChI is InChI=1S/C27H23N3O2S3/c1-3-23(35-20-7-4-6-19(14-20)29-26(32)24-8-5-13-33-24)25(31)30-27-21(15-28)22(16-34-27)18-11-9-17(2)10-12-18/h4-14,16,23H,3H2,1-2H3,(H,29,32)(H,30,31). The monoisotopic (exact) mass is 517 g/mol. The van der Waals surface area contributed by atoms with Crippen molar-refractivity contribution >= 4 is 56.9 Å². The van der Waals surface area contributed by atoms with E-state index in [1.54, 1.807) is 6.07 Å². The fourth-order valence-electron chi connectivity index (χ4n) is 3.43. The van der Waals surface area contributed by atoms with E-state index in [2.05, 4.69) is 16.7 Å². The summed E-state index contributed by atoms with van der Waals surface area (Å²) in [4.78, 5) is 27.0. The highest BCUT2D eigenvalue weighted by molar-refractivity contribution is 8.00. The molecule has 5 nitrogen and oxygen atoms in total. The zero-order valence-electron chi connectivity index (χ0n) is 19.2. The van der Waals surface area contributed by atoms with Crippen molar-refractivity contribution in [3.05, 3.63) is 87.4 Å². The molecule has 8 heteroatoms. The van der Waals surface area contributed by atoms with Crippen LogP contribution in [0, 0.1) is 18.3 Å². The van der Waals surface area contributed by atoms with Crippen molar-refractivity contribution in [2.75, 3.05) is 10.6 Å². The molecule has 0 bridgehead atoms. The topological polar surface area (TPSA) is 82.0 Å². The van der Waals surface area contributed by atoms with Crippen LogP contribution in [-0.2, 0) is 4.79 Å². The van der Waals surface area contributed by atoms with Crippen LogP contribution in [0.5, 0.6) is 0 Å². The lowest BCUT2D eigenvalue weighted by Crippen LogP contribution is -2.24. The molecule has 4 rings (SSSR count). The summed E-state index contributed by atoms with van der Waals surface area (Å²) in [6.45, 7) is 3.97. The molecule has 0 aliphatic carbocycles. The lowest BCUT2D eigenvalue weighted by Gasteiger charge is -2.15. The van der Waals surface area contributed by atoms with Crippen molar-refractivity contribution < 1.29 is 9.59 Å². The van der Waals surface area contributed by atoms with Crippen LogP contribution in [0.15, 0.2) is 76.3 Å². The molecule has 2 amide bonds. The van der Waals surface area contributed by atoms with Crippen LogP contribution in [0.4, 0.5) is 10.7 Å². The molecule has 1 unspecified atom stereocenters. The number of nitrogens with one attached hydrogen (secondary N) is 2. The third kappa shape index (κ3) is 6.01. The predicted molar refractivity (Wildman–Crippen MR) is 146 cm³/mol. The average Bonchev–Trinajstić information content (AvgIpc) is 3.53. The average molecular weight is 518 g/mol. The summed E-state index contributed by atoms with van der Waals surface area (Å²) < 4.78 is 0. The van der Waals surface area contributed by atoms with Gasteiger partial charge in [-0.1, -0.05) is 48.9 Å². The zero-order valence-corrected chi connectivity index (χ0v) is 21.7. The summed E-state index contributed by atoms with van der Waals surface area (Å²) in [5.41, 5.74) is 4.07. The molecule has 0 aliphatic heterocycles. The van der Waals surface area contributed by atoms with Gasteiger partial charge in [0.15, 0.2) is 0 Å². The van der Waals surface area contributed by atoms with Crippen LogP contribution < -0.4 is 10.6 Å². The minimum Gasteiger partial charge on any atom is -0.321 e. The zero-order chi connectivity index (χ0) is 24.8. The summed E-state index contributed by atoms with van der Waals surface area (Å²) in [6, 6.07) is 21.3. The van der Waals surface area contributed by atoms with Crippen molar-refractivity contribution in [3.8, 4) is 17.2 Å². The number of nitrogens with zero attached hydrogens (tertiary/aromatic N) is 1. The minimum absolute atomic E-state index is 0.153. The number of thiophene rings is 2. The van der Waals surface area contributed by atoms with Crippen LogP contribution >= 0.6 is 34.4 Å². The van der Waals surface area contributed by atoms with Gasteiger partial charge in [0.05, 0.1) is 15.7 Å². The summed E-state index contributed by atoms with van der Waals surface area (Å²) in [5.74, 6) is -0.308. The van der Waals surface area contributed by atoms with E-state index < -0.39 is 0 Å². The molecule has 2 N–H and O–H groups in total. The Morgan fingerprint density at radius 2 is 1.86 bits per heavy atom. The van der Waals surface area contributed by atoms with Gasteiger partial charge in [-0.05, 0) is 48.6 Å². The van der Waals surface area contributed by atoms with Gasteiger partial charge in [0.2, 0.25) is 5.91 Å². The third-order valence-corrected chi connectivity index (χ3v) is 8.40.